The molecule has 9 heteroatoms. The zero-order valence-electron chi connectivity index (χ0n) is 7.24. The van der Waals surface area contributed by atoms with Crippen molar-refractivity contribution in [3.05, 3.63) is 27.8 Å². The summed E-state index contributed by atoms with van der Waals surface area (Å²) in [6.45, 7) is 0. The third-order valence-corrected chi connectivity index (χ3v) is 4.21. The summed E-state index contributed by atoms with van der Waals surface area (Å²) in [5, 5.41) is 0.941. The Morgan fingerprint density at radius 3 is 2.41 bits per heavy atom. The normalized spacial score (nSPS) is 10.8. The van der Waals surface area contributed by atoms with Crippen molar-refractivity contribution in [1.82, 2.24) is 4.98 Å². The number of aromatic nitrogens is 1. The standard InChI is InChI=1S/C8H6BrClNO3P.2Na.2H/c9-5-1-4-7(2-6(5)10)11-3-8(4)15(12,13)14;;;;/h1-3,11H,(H2,12,13,14);;;;. The van der Waals surface area contributed by atoms with E-state index in [1.807, 2.05) is 0 Å². The second-order valence-corrected chi connectivity index (χ2v) is 5.86. The number of halogens is 2. The van der Waals surface area contributed by atoms with Crippen LogP contribution in [-0.4, -0.2) is 73.9 Å². The molecule has 0 spiro atoms. The molecule has 84 valence electrons. The summed E-state index contributed by atoms with van der Waals surface area (Å²) in [6.07, 6.45) is 1.30. The van der Waals surface area contributed by atoms with Crippen LogP contribution in [0.5, 0.6) is 0 Å². The quantitative estimate of drug-likeness (QED) is 0.528. The minimum atomic E-state index is -4.25. The number of H-pyrrole nitrogens is 1. The monoisotopic (exact) mass is 357 g/mol. The number of benzene rings is 1. The van der Waals surface area contributed by atoms with Crippen molar-refractivity contribution in [2.75, 3.05) is 0 Å². The summed E-state index contributed by atoms with van der Waals surface area (Å²) < 4.78 is 11.7. The summed E-state index contributed by atoms with van der Waals surface area (Å²) >= 11 is 9.05. The van der Waals surface area contributed by atoms with Crippen molar-refractivity contribution in [3.63, 3.8) is 0 Å². The Labute approximate surface area is 155 Å². The second kappa shape index (κ2) is 6.91. The molecule has 0 bridgehead atoms. The van der Waals surface area contributed by atoms with E-state index in [2.05, 4.69) is 20.9 Å². The molecule has 0 radical (unpaired) electrons. The molecule has 0 aliphatic rings. The maximum atomic E-state index is 11.1. The molecule has 0 unspecified atom stereocenters. The fourth-order valence-corrected chi connectivity index (χ4v) is 2.58. The van der Waals surface area contributed by atoms with Gasteiger partial charge in [-0.15, -0.1) is 0 Å². The number of hydrogen-bond acceptors (Lipinski definition) is 1. The molecule has 3 N–H and O–H groups in total. The van der Waals surface area contributed by atoms with Crippen LogP contribution in [0, 0.1) is 0 Å². The molecular weight excluding hydrogens is 350 g/mol. The van der Waals surface area contributed by atoms with E-state index in [4.69, 9.17) is 21.4 Å². The number of hydrogen-bond donors (Lipinski definition) is 3. The molecule has 1 heterocycles. The summed E-state index contributed by atoms with van der Waals surface area (Å²) in [7, 11) is -4.25. The second-order valence-electron chi connectivity index (χ2n) is 3.03. The molecule has 0 aliphatic carbocycles. The van der Waals surface area contributed by atoms with Crippen LogP contribution in [0.15, 0.2) is 22.8 Å². The Balaban J connectivity index is 0.00000128. The summed E-state index contributed by atoms with van der Waals surface area (Å²) in [5.41, 5.74) is 0.599. The molecular formula is C8H8BrClNNa2O3P. The molecule has 1 aromatic carbocycles. The summed E-state index contributed by atoms with van der Waals surface area (Å²) in [6, 6.07) is 3.20. The van der Waals surface area contributed by atoms with Crippen LogP contribution in [0.3, 0.4) is 0 Å². The van der Waals surface area contributed by atoms with E-state index in [9.17, 15) is 4.57 Å². The molecule has 0 saturated carbocycles. The van der Waals surface area contributed by atoms with Gasteiger partial charge >= 0.3 is 66.7 Å². The molecule has 0 amide bonds. The number of fused-ring (bicyclic) bond motifs is 1. The number of aromatic amines is 1. The minimum absolute atomic E-state index is 0. The van der Waals surface area contributed by atoms with E-state index in [-0.39, 0.29) is 64.4 Å². The first-order valence-electron chi connectivity index (χ1n) is 3.92. The fraction of sp³-hybridized carbons (Fsp3) is 0. The molecule has 2 rings (SSSR count). The van der Waals surface area contributed by atoms with Crippen LogP contribution in [0.4, 0.5) is 0 Å². The van der Waals surface area contributed by atoms with Crippen molar-refractivity contribution in [2.45, 2.75) is 0 Å². The maximum absolute atomic E-state index is 11.1. The van der Waals surface area contributed by atoms with Crippen molar-refractivity contribution >= 4 is 110 Å². The van der Waals surface area contributed by atoms with E-state index in [0.717, 1.165) is 0 Å². The van der Waals surface area contributed by atoms with Gasteiger partial charge in [0.2, 0.25) is 0 Å². The number of rotatable bonds is 1. The Hall–Kier alpha value is 1.68. The zero-order chi connectivity index (χ0) is 11.2. The van der Waals surface area contributed by atoms with Crippen LogP contribution in [0.2, 0.25) is 5.02 Å². The molecule has 0 atom stereocenters. The summed E-state index contributed by atoms with van der Waals surface area (Å²) in [4.78, 5) is 20.9. The van der Waals surface area contributed by atoms with E-state index in [1.165, 1.54) is 6.20 Å². The van der Waals surface area contributed by atoms with Crippen molar-refractivity contribution < 1.29 is 14.4 Å². The molecule has 1 aromatic heterocycles. The summed E-state index contributed by atoms with van der Waals surface area (Å²) in [5.74, 6) is 0. The Bertz CT molecular complexity index is 585. The SMILES string of the molecule is O=P(O)(O)c1c[nH]c2cc(Cl)c(Br)cc12.[NaH].[NaH]. The molecule has 0 saturated heterocycles. The first kappa shape index (κ1) is 18.7. The zero-order valence-corrected chi connectivity index (χ0v) is 10.5. The van der Waals surface area contributed by atoms with Crippen molar-refractivity contribution in [3.8, 4) is 0 Å². The van der Waals surface area contributed by atoms with Gasteiger partial charge in [0.05, 0.1) is 10.3 Å². The van der Waals surface area contributed by atoms with Gasteiger partial charge in [-0.1, -0.05) is 11.6 Å². The number of nitrogens with one attached hydrogen (secondary N) is 1. The van der Waals surface area contributed by atoms with Crippen LogP contribution < -0.4 is 5.30 Å². The van der Waals surface area contributed by atoms with Gasteiger partial charge in [0.1, 0.15) is 0 Å². The van der Waals surface area contributed by atoms with E-state index < -0.39 is 7.60 Å². The third-order valence-electron chi connectivity index (χ3n) is 2.01. The van der Waals surface area contributed by atoms with E-state index in [0.29, 0.717) is 20.4 Å². The average molecular weight is 358 g/mol. The first-order chi connectivity index (χ1) is 6.89. The predicted octanol–water partition coefficient (Wildman–Crippen LogP) is 1.09. The molecule has 4 nitrogen and oxygen atoms in total. The van der Waals surface area contributed by atoms with Crippen LogP contribution in [0.1, 0.15) is 0 Å². The van der Waals surface area contributed by atoms with Gasteiger partial charge in [-0.05, 0) is 28.1 Å². The Kier molecular flexibility index (Phi) is 7.59. The topological polar surface area (TPSA) is 73.3 Å². The van der Waals surface area contributed by atoms with Crippen LogP contribution in [0.25, 0.3) is 10.9 Å². The van der Waals surface area contributed by atoms with E-state index >= 15 is 0 Å². The van der Waals surface area contributed by atoms with Gasteiger partial charge in [-0.25, -0.2) is 0 Å². The molecule has 0 fully saturated rings. The first-order valence-corrected chi connectivity index (χ1v) is 6.70. The van der Waals surface area contributed by atoms with Gasteiger partial charge in [0.25, 0.3) is 0 Å². The van der Waals surface area contributed by atoms with E-state index in [1.54, 1.807) is 12.1 Å². The molecule has 17 heavy (non-hydrogen) atoms. The molecule has 2 aromatic rings. The third kappa shape index (κ3) is 4.07. The van der Waals surface area contributed by atoms with Gasteiger partial charge < -0.3 is 14.8 Å². The van der Waals surface area contributed by atoms with Gasteiger partial charge in [-0.2, -0.15) is 0 Å². The predicted molar refractivity (Wildman–Crippen MR) is 77.0 cm³/mol. The Morgan fingerprint density at radius 1 is 1.29 bits per heavy atom. The fourth-order valence-electron chi connectivity index (χ4n) is 1.34. The van der Waals surface area contributed by atoms with Crippen LogP contribution in [-0.2, 0) is 4.57 Å². The Morgan fingerprint density at radius 2 is 1.88 bits per heavy atom. The van der Waals surface area contributed by atoms with Gasteiger partial charge in [0.15, 0.2) is 0 Å². The van der Waals surface area contributed by atoms with Crippen LogP contribution >= 0.6 is 35.1 Å². The molecule has 0 aliphatic heterocycles. The van der Waals surface area contributed by atoms with Crippen molar-refractivity contribution in [2.24, 2.45) is 0 Å². The van der Waals surface area contributed by atoms with Gasteiger partial charge in [0, 0.05) is 21.6 Å². The average Bonchev–Trinajstić information content (AvgIpc) is 2.47. The van der Waals surface area contributed by atoms with Gasteiger partial charge in [-0.3, -0.25) is 4.57 Å². The van der Waals surface area contributed by atoms with Crippen molar-refractivity contribution in [1.29, 1.82) is 0 Å².